The van der Waals surface area contributed by atoms with E-state index in [-0.39, 0.29) is 24.9 Å². The summed E-state index contributed by atoms with van der Waals surface area (Å²) in [5.74, 6) is -0.762. The van der Waals surface area contributed by atoms with Crippen molar-refractivity contribution in [2.75, 3.05) is 13.2 Å². The van der Waals surface area contributed by atoms with Crippen LogP contribution in [0.1, 0.15) is 23.7 Å². The van der Waals surface area contributed by atoms with Crippen LogP contribution in [0.5, 0.6) is 5.75 Å². The molecule has 1 N–H and O–H groups in total. The Balaban J connectivity index is 2.30. The first kappa shape index (κ1) is 13.0. The molecule has 1 rings (SSSR count). The molecule has 5 heteroatoms. The van der Waals surface area contributed by atoms with Crippen LogP contribution in [0, 0.1) is 0 Å². The number of esters is 2. The number of phenolic OH excluding ortho intramolecular Hbond substituents is 1. The fourth-order valence-electron chi connectivity index (χ4n) is 1.07. The highest BCUT2D eigenvalue weighted by molar-refractivity contribution is 5.89. The van der Waals surface area contributed by atoms with E-state index in [1.807, 2.05) is 0 Å². The summed E-state index contributed by atoms with van der Waals surface area (Å²) in [7, 11) is 0. The van der Waals surface area contributed by atoms with E-state index in [2.05, 4.69) is 0 Å². The Kier molecular flexibility index (Phi) is 5.00. The molecule has 0 aromatic heterocycles. The average molecular weight is 238 g/mol. The predicted octanol–water partition coefficient (Wildman–Crippen LogP) is 1.50. The summed E-state index contributed by atoms with van der Waals surface area (Å²) < 4.78 is 9.61. The first-order chi connectivity index (χ1) is 8.13. The normalized spacial score (nSPS) is 9.71. The lowest BCUT2D eigenvalue weighted by molar-refractivity contribution is -0.144. The van der Waals surface area contributed by atoms with Gasteiger partial charge in [-0.3, -0.25) is 4.79 Å². The van der Waals surface area contributed by atoms with Crippen molar-refractivity contribution in [1.29, 1.82) is 0 Å². The molecule has 92 valence electrons. The van der Waals surface area contributed by atoms with E-state index in [1.54, 1.807) is 6.92 Å². The van der Waals surface area contributed by atoms with Gasteiger partial charge in [-0.25, -0.2) is 4.79 Å². The van der Waals surface area contributed by atoms with Crippen molar-refractivity contribution in [2.45, 2.75) is 13.3 Å². The average Bonchev–Trinajstić information content (AvgIpc) is 2.34. The molecule has 5 nitrogen and oxygen atoms in total. The van der Waals surface area contributed by atoms with Crippen LogP contribution in [0.2, 0.25) is 0 Å². The fraction of sp³-hybridized carbons (Fsp3) is 0.333. The Bertz CT molecular complexity index is 382. The molecule has 0 aliphatic rings. The van der Waals surface area contributed by atoms with Gasteiger partial charge in [-0.05, 0) is 24.3 Å². The van der Waals surface area contributed by atoms with Gasteiger partial charge in [0.2, 0.25) is 0 Å². The van der Waals surface area contributed by atoms with Gasteiger partial charge in [-0.15, -0.1) is 0 Å². The Morgan fingerprint density at radius 2 is 1.71 bits per heavy atom. The van der Waals surface area contributed by atoms with Gasteiger partial charge >= 0.3 is 11.9 Å². The second-order valence-electron chi connectivity index (χ2n) is 3.26. The van der Waals surface area contributed by atoms with Gasteiger partial charge in [0.1, 0.15) is 19.0 Å². The van der Waals surface area contributed by atoms with Gasteiger partial charge in [0.05, 0.1) is 5.56 Å². The quantitative estimate of drug-likeness (QED) is 0.621. The number of hydrogen-bond donors (Lipinski definition) is 1. The monoisotopic (exact) mass is 238 g/mol. The van der Waals surface area contributed by atoms with Crippen molar-refractivity contribution in [3.63, 3.8) is 0 Å². The van der Waals surface area contributed by atoms with Gasteiger partial charge in [0, 0.05) is 6.42 Å². The molecule has 0 amide bonds. The van der Waals surface area contributed by atoms with Gasteiger partial charge in [0.15, 0.2) is 0 Å². The largest absolute Gasteiger partial charge is 0.508 e. The van der Waals surface area contributed by atoms with E-state index in [0.717, 1.165) is 0 Å². The van der Waals surface area contributed by atoms with Crippen LogP contribution in [0.3, 0.4) is 0 Å². The minimum atomic E-state index is -0.516. The highest BCUT2D eigenvalue weighted by Gasteiger charge is 2.07. The molecular formula is C12H14O5. The van der Waals surface area contributed by atoms with Crippen LogP contribution in [0.15, 0.2) is 24.3 Å². The molecule has 0 bridgehead atoms. The number of carbonyl (C=O) groups is 2. The molecule has 1 aromatic rings. The summed E-state index contributed by atoms with van der Waals surface area (Å²) in [6, 6.07) is 5.70. The van der Waals surface area contributed by atoms with Crippen molar-refractivity contribution >= 4 is 11.9 Å². The number of rotatable bonds is 5. The summed E-state index contributed by atoms with van der Waals surface area (Å²) in [6.45, 7) is 1.76. The van der Waals surface area contributed by atoms with Crippen LogP contribution in [0.4, 0.5) is 0 Å². The van der Waals surface area contributed by atoms with Gasteiger partial charge < -0.3 is 14.6 Å². The number of aromatic hydroxyl groups is 1. The van der Waals surface area contributed by atoms with Crippen LogP contribution in [0.25, 0.3) is 0 Å². The fourth-order valence-corrected chi connectivity index (χ4v) is 1.07. The number of phenols is 1. The standard InChI is InChI=1S/C12H14O5/c1-2-11(14)16-7-8-17-12(15)9-3-5-10(13)6-4-9/h3-6,13H,2,7-8H2,1H3. The first-order valence-electron chi connectivity index (χ1n) is 5.25. The zero-order chi connectivity index (χ0) is 12.7. The van der Waals surface area contributed by atoms with E-state index in [1.165, 1.54) is 24.3 Å². The Morgan fingerprint density at radius 1 is 1.12 bits per heavy atom. The number of benzene rings is 1. The van der Waals surface area contributed by atoms with Crippen molar-refractivity contribution in [3.8, 4) is 5.75 Å². The maximum atomic E-state index is 11.4. The van der Waals surface area contributed by atoms with Crippen LogP contribution >= 0.6 is 0 Å². The third-order valence-electron chi connectivity index (χ3n) is 1.97. The van der Waals surface area contributed by atoms with Crippen molar-refractivity contribution in [2.24, 2.45) is 0 Å². The molecule has 0 aliphatic carbocycles. The van der Waals surface area contributed by atoms with Gasteiger partial charge in [-0.2, -0.15) is 0 Å². The predicted molar refractivity (Wildman–Crippen MR) is 59.6 cm³/mol. The van der Waals surface area contributed by atoms with Crippen LogP contribution in [-0.4, -0.2) is 30.3 Å². The Labute approximate surface area is 99.0 Å². The SMILES string of the molecule is CCC(=O)OCCOC(=O)c1ccc(O)cc1. The lowest BCUT2D eigenvalue weighted by Gasteiger charge is -2.05. The lowest BCUT2D eigenvalue weighted by Crippen LogP contribution is -2.13. The maximum absolute atomic E-state index is 11.4. The van der Waals surface area contributed by atoms with E-state index in [0.29, 0.717) is 12.0 Å². The molecule has 0 spiro atoms. The minimum absolute atomic E-state index is 0.0193. The molecule has 1 aromatic carbocycles. The van der Waals surface area contributed by atoms with E-state index >= 15 is 0 Å². The number of ether oxygens (including phenoxy) is 2. The summed E-state index contributed by atoms with van der Waals surface area (Å²) in [6.07, 6.45) is 0.298. The molecule has 17 heavy (non-hydrogen) atoms. The molecule has 0 saturated carbocycles. The van der Waals surface area contributed by atoms with Crippen molar-refractivity contribution in [3.05, 3.63) is 29.8 Å². The third-order valence-corrected chi connectivity index (χ3v) is 1.97. The Hall–Kier alpha value is -2.04. The second kappa shape index (κ2) is 6.52. The zero-order valence-electron chi connectivity index (χ0n) is 9.51. The minimum Gasteiger partial charge on any atom is -0.508 e. The Morgan fingerprint density at radius 3 is 2.29 bits per heavy atom. The van der Waals surface area contributed by atoms with Crippen molar-refractivity contribution in [1.82, 2.24) is 0 Å². The van der Waals surface area contributed by atoms with Gasteiger partial charge in [-0.1, -0.05) is 6.92 Å². The van der Waals surface area contributed by atoms with E-state index in [4.69, 9.17) is 14.6 Å². The molecule has 0 radical (unpaired) electrons. The summed E-state index contributed by atoms with van der Waals surface area (Å²) in [5, 5.41) is 9.03. The van der Waals surface area contributed by atoms with E-state index in [9.17, 15) is 9.59 Å². The highest BCUT2D eigenvalue weighted by atomic mass is 16.6. The molecule has 0 atom stereocenters. The van der Waals surface area contributed by atoms with Crippen LogP contribution in [-0.2, 0) is 14.3 Å². The van der Waals surface area contributed by atoms with E-state index < -0.39 is 5.97 Å². The molecular weight excluding hydrogens is 224 g/mol. The zero-order valence-corrected chi connectivity index (χ0v) is 9.51. The van der Waals surface area contributed by atoms with Crippen molar-refractivity contribution < 1.29 is 24.2 Å². The summed E-state index contributed by atoms with van der Waals surface area (Å²) in [4.78, 5) is 22.2. The molecule has 0 fully saturated rings. The number of carbonyl (C=O) groups excluding carboxylic acids is 2. The molecule has 0 heterocycles. The molecule has 0 saturated heterocycles. The van der Waals surface area contributed by atoms with Gasteiger partial charge in [0.25, 0.3) is 0 Å². The molecule has 0 aliphatic heterocycles. The number of hydrogen-bond acceptors (Lipinski definition) is 5. The highest BCUT2D eigenvalue weighted by Crippen LogP contribution is 2.10. The first-order valence-corrected chi connectivity index (χ1v) is 5.25. The second-order valence-corrected chi connectivity index (χ2v) is 3.26. The maximum Gasteiger partial charge on any atom is 0.338 e. The third kappa shape index (κ3) is 4.55. The topological polar surface area (TPSA) is 72.8 Å². The molecule has 0 unspecified atom stereocenters. The summed E-state index contributed by atoms with van der Waals surface area (Å²) in [5.41, 5.74) is 0.338. The lowest BCUT2D eigenvalue weighted by atomic mass is 10.2. The van der Waals surface area contributed by atoms with Crippen LogP contribution < -0.4 is 0 Å². The summed E-state index contributed by atoms with van der Waals surface area (Å²) >= 11 is 0. The smallest absolute Gasteiger partial charge is 0.338 e.